The second-order valence-corrected chi connectivity index (χ2v) is 19.9. The van der Waals surface area contributed by atoms with Gasteiger partial charge in [-0.25, -0.2) is 4.79 Å². The average molecular weight is 981 g/mol. The predicted octanol–water partition coefficient (Wildman–Crippen LogP) is 14.1. The van der Waals surface area contributed by atoms with E-state index in [9.17, 15) is 34.5 Å². The van der Waals surface area contributed by atoms with E-state index in [2.05, 4.69) is 32.9 Å². The lowest BCUT2D eigenvalue weighted by Crippen LogP contribution is -2.61. The highest BCUT2D eigenvalue weighted by Crippen LogP contribution is 2.26. The molecule has 1 aliphatic heterocycles. The van der Waals surface area contributed by atoms with Crippen LogP contribution >= 0.6 is 0 Å². The van der Waals surface area contributed by atoms with Gasteiger partial charge in [0.25, 0.3) is 0 Å². The van der Waals surface area contributed by atoms with E-state index in [0.29, 0.717) is 19.3 Å². The number of ether oxygens (including phenoxy) is 5. The van der Waals surface area contributed by atoms with Gasteiger partial charge in [0.15, 0.2) is 24.6 Å². The van der Waals surface area contributed by atoms with E-state index < -0.39 is 67.3 Å². The first-order valence-electron chi connectivity index (χ1n) is 28.7. The van der Waals surface area contributed by atoms with Crippen molar-refractivity contribution in [3.63, 3.8) is 0 Å². The lowest BCUT2D eigenvalue weighted by atomic mass is 9.98. The second kappa shape index (κ2) is 46.5. The number of unbranched alkanes of at least 4 members (excludes halogenated alkanes) is 33. The smallest absolute Gasteiger partial charge is 0.335 e. The normalized spacial score (nSPS) is 18.7. The zero-order valence-electron chi connectivity index (χ0n) is 44.3. The Morgan fingerprint density at radius 1 is 0.464 bits per heavy atom. The molecule has 404 valence electrons. The molecule has 1 heterocycles. The van der Waals surface area contributed by atoms with Gasteiger partial charge in [0.05, 0.1) is 6.61 Å². The third-order valence-electron chi connectivity index (χ3n) is 13.3. The number of aliphatic hydroxyl groups is 2. The fraction of sp³-hybridized carbons (Fsp3) is 0.895. The Labute approximate surface area is 420 Å². The van der Waals surface area contributed by atoms with Crippen LogP contribution in [0.2, 0.25) is 0 Å². The molecule has 0 aliphatic carbocycles. The van der Waals surface area contributed by atoms with E-state index in [0.717, 1.165) is 77.0 Å². The van der Waals surface area contributed by atoms with Gasteiger partial charge >= 0.3 is 23.9 Å². The van der Waals surface area contributed by atoms with Crippen molar-refractivity contribution >= 4 is 23.9 Å². The molecule has 69 heavy (non-hydrogen) atoms. The molecule has 12 nitrogen and oxygen atoms in total. The van der Waals surface area contributed by atoms with Gasteiger partial charge in [-0.15, -0.1) is 0 Å². The fourth-order valence-electron chi connectivity index (χ4n) is 8.88. The highest BCUT2D eigenvalue weighted by atomic mass is 16.7. The minimum atomic E-state index is -1.90. The SMILES string of the molecule is CCCC/C=C\CCCCCCCC(=O)OCC(COC1OC(C(=O)O)C(O)C(O)C1OC(=O)CCCCCCCCCCCCCCCCCCC)OC(=O)CCCCCCCCCCCCC. The fourth-order valence-corrected chi connectivity index (χ4v) is 8.88. The number of aliphatic hydroxyl groups excluding tert-OH is 2. The van der Waals surface area contributed by atoms with Crippen molar-refractivity contribution in [3.8, 4) is 0 Å². The maximum absolute atomic E-state index is 13.1. The molecular weight excluding hydrogens is 877 g/mol. The van der Waals surface area contributed by atoms with Crippen LogP contribution < -0.4 is 0 Å². The molecule has 0 bridgehead atoms. The monoisotopic (exact) mass is 981 g/mol. The third kappa shape index (κ3) is 37.0. The summed E-state index contributed by atoms with van der Waals surface area (Å²) in [5, 5.41) is 31.4. The molecule has 6 unspecified atom stereocenters. The number of carbonyl (C=O) groups excluding carboxylic acids is 3. The largest absolute Gasteiger partial charge is 0.479 e. The minimum Gasteiger partial charge on any atom is -0.479 e. The summed E-state index contributed by atoms with van der Waals surface area (Å²) in [4.78, 5) is 50.9. The molecule has 12 heteroatoms. The van der Waals surface area contributed by atoms with Gasteiger partial charge in [0.2, 0.25) is 0 Å². The third-order valence-corrected chi connectivity index (χ3v) is 13.3. The van der Waals surface area contributed by atoms with Crippen LogP contribution in [0.5, 0.6) is 0 Å². The number of esters is 3. The molecule has 1 fully saturated rings. The van der Waals surface area contributed by atoms with E-state index in [4.69, 9.17) is 23.7 Å². The Hall–Kier alpha value is -2.54. The van der Waals surface area contributed by atoms with Gasteiger partial charge in [-0.05, 0) is 38.5 Å². The van der Waals surface area contributed by atoms with Crippen LogP contribution in [-0.4, -0.2) is 89.2 Å². The summed E-state index contributed by atoms with van der Waals surface area (Å²) in [6.45, 7) is 5.96. The Balaban J connectivity index is 2.66. The quantitative estimate of drug-likeness (QED) is 0.0228. The van der Waals surface area contributed by atoms with Crippen molar-refractivity contribution in [3.05, 3.63) is 12.2 Å². The first-order valence-corrected chi connectivity index (χ1v) is 28.7. The van der Waals surface area contributed by atoms with Crippen molar-refractivity contribution in [1.82, 2.24) is 0 Å². The lowest BCUT2D eigenvalue weighted by Gasteiger charge is -2.40. The second-order valence-electron chi connectivity index (χ2n) is 19.9. The molecular formula is C57H104O12. The summed E-state index contributed by atoms with van der Waals surface area (Å²) in [5.74, 6) is -3.10. The lowest BCUT2D eigenvalue weighted by molar-refractivity contribution is -0.301. The maximum atomic E-state index is 13.1. The molecule has 0 saturated carbocycles. The Kier molecular flexibility index (Phi) is 43.5. The maximum Gasteiger partial charge on any atom is 0.335 e. The molecule has 1 saturated heterocycles. The summed E-state index contributed by atoms with van der Waals surface area (Å²) in [6.07, 6.45) is 37.6. The Morgan fingerprint density at radius 2 is 0.841 bits per heavy atom. The zero-order valence-corrected chi connectivity index (χ0v) is 44.3. The van der Waals surface area contributed by atoms with Gasteiger partial charge < -0.3 is 39.0 Å². The highest BCUT2D eigenvalue weighted by Gasteiger charge is 2.50. The van der Waals surface area contributed by atoms with Gasteiger partial charge in [-0.1, -0.05) is 232 Å². The standard InChI is InChI=1S/C57H104O12/c1-4-7-10-13-16-19-22-23-24-25-26-27-30-33-36-39-42-45-51(60)68-55-53(62)52(61)54(56(63)64)69-57(55)66-47-48(67-50(59)44-41-38-35-32-29-21-18-15-12-9-6-3)46-65-49(58)43-40-37-34-31-28-20-17-14-11-8-5-2/h14,17,48,52-55,57,61-62H,4-13,15-16,18-47H2,1-3H3,(H,63,64)/b17-14-. The number of aliphatic carboxylic acids is 1. The van der Waals surface area contributed by atoms with Crippen LogP contribution in [-0.2, 0) is 42.9 Å². The number of rotatable bonds is 49. The van der Waals surface area contributed by atoms with Gasteiger partial charge in [-0.3, -0.25) is 14.4 Å². The Morgan fingerprint density at radius 3 is 1.28 bits per heavy atom. The molecule has 0 aromatic carbocycles. The van der Waals surface area contributed by atoms with Crippen LogP contribution in [0.3, 0.4) is 0 Å². The number of carbonyl (C=O) groups is 4. The average Bonchev–Trinajstić information content (AvgIpc) is 3.33. The number of carboxylic acid groups (broad SMARTS) is 1. The van der Waals surface area contributed by atoms with Crippen LogP contribution in [0, 0.1) is 0 Å². The summed E-state index contributed by atoms with van der Waals surface area (Å²) in [5.41, 5.74) is 0. The van der Waals surface area contributed by atoms with Gasteiger partial charge in [-0.2, -0.15) is 0 Å². The first-order chi connectivity index (χ1) is 33.6. The van der Waals surface area contributed by atoms with Gasteiger partial charge in [0.1, 0.15) is 18.8 Å². The molecule has 0 aromatic heterocycles. The zero-order chi connectivity index (χ0) is 50.4. The molecule has 0 spiro atoms. The molecule has 0 aromatic rings. The number of allylic oxidation sites excluding steroid dienone is 2. The number of carboxylic acids is 1. The van der Waals surface area contributed by atoms with E-state index in [1.54, 1.807) is 0 Å². The number of hydrogen-bond acceptors (Lipinski definition) is 11. The van der Waals surface area contributed by atoms with Crippen molar-refractivity contribution in [2.75, 3.05) is 13.2 Å². The molecule has 1 aliphatic rings. The van der Waals surface area contributed by atoms with Crippen molar-refractivity contribution in [2.24, 2.45) is 0 Å². The van der Waals surface area contributed by atoms with E-state index >= 15 is 0 Å². The molecule has 0 amide bonds. The first kappa shape index (κ1) is 64.5. The van der Waals surface area contributed by atoms with Crippen molar-refractivity contribution < 1.29 is 58.2 Å². The molecule has 0 radical (unpaired) electrons. The van der Waals surface area contributed by atoms with Crippen LogP contribution in [0.15, 0.2) is 12.2 Å². The van der Waals surface area contributed by atoms with Crippen molar-refractivity contribution in [1.29, 1.82) is 0 Å². The van der Waals surface area contributed by atoms with Gasteiger partial charge in [0, 0.05) is 19.3 Å². The highest BCUT2D eigenvalue weighted by molar-refractivity contribution is 5.74. The Bertz CT molecular complexity index is 1260. The van der Waals surface area contributed by atoms with E-state index in [1.807, 2.05) is 0 Å². The molecule has 6 atom stereocenters. The van der Waals surface area contributed by atoms with Crippen LogP contribution in [0.4, 0.5) is 0 Å². The van der Waals surface area contributed by atoms with Crippen LogP contribution in [0.25, 0.3) is 0 Å². The number of hydrogen-bond donors (Lipinski definition) is 3. The van der Waals surface area contributed by atoms with E-state index in [-0.39, 0.29) is 25.9 Å². The molecule has 3 N–H and O–H groups in total. The van der Waals surface area contributed by atoms with Crippen molar-refractivity contribution in [2.45, 2.75) is 314 Å². The van der Waals surface area contributed by atoms with E-state index in [1.165, 1.54) is 141 Å². The summed E-state index contributed by atoms with van der Waals surface area (Å²) < 4.78 is 28.4. The van der Waals surface area contributed by atoms with Crippen LogP contribution in [0.1, 0.15) is 278 Å². The summed E-state index contributed by atoms with van der Waals surface area (Å²) in [6, 6.07) is 0. The summed E-state index contributed by atoms with van der Waals surface area (Å²) >= 11 is 0. The summed E-state index contributed by atoms with van der Waals surface area (Å²) in [7, 11) is 0. The topological polar surface area (TPSA) is 175 Å². The minimum absolute atomic E-state index is 0.0682. The predicted molar refractivity (Wildman–Crippen MR) is 276 cm³/mol. The molecule has 1 rings (SSSR count).